The molecule has 1 fully saturated rings. The number of halogens is 1. The summed E-state index contributed by atoms with van der Waals surface area (Å²) in [5.74, 6) is -0.186. The lowest BCUT2D eigenvalue weighted by molar-refractivity contribution is -0.134. The van der Waals surface area contributed by atoms with Crippen LogP contribution in [-0.2, 0) is 11.3 Å². The van der Waals surface area contributed by atoms with Gasteiger partial charge in [-0.15, -0.1) is 0 Å². The van der Waals surface area contributed by atoms with E-state index >= 15 is 0 Å². The maximum absolute atomic E-state index is 14.0. The Bertz CT molecular complexity index is 637. The van der Waals surface area contributed by atoms with Crippen molar-refractivity contribution in [2.45, 2.75) is 44.8 Å². The van der Waals surface area contributed by atoms with Crippen LogP contribution in [0.15, 0.2) is 42.7 Å². The third kappa shape index (κ3) is 3.18. The first-order valence-electron chi connectivity index (χ1n) is 7.70. The topological polar surface area (TPSA) is 38.1 Å². The molecule has 1 amide bonds. The lowest BCUT2D eigenvalue weighted by Crippen LogP contribution is -2.36. The van der Waals surface area contributed by atoms with Gasteiger partial charge in [-0.3, -0.25) is 9.48 Å². The Morgan fingerprint density at radius 2 is 2.18 bits per heavy atom. The molecule has 1 aliphatic rings. The van der Waals surface area contributed by atoms with E-state index in [0.29, 0.717) is 18.5 Å². The van der Waals surface area contributed by atoms with Gasteiger partial charge in [-0.2, -0.15) is 5.10 Å². The number of carbonyl (C=O) groups is 1. The molecule has 1 saturated carbocycles. The van der Waals surface area contributed by atoms with Crippen LogP contribution in [0.3, 0.4) is 0 Å². The Morgan fingerprint density at radius 1 is 1.41 bits per heavy atom. The number of amides is 1. The van der Waals surface area contributed by atoms with Crippen molar-refractivity contribution in [3.8, 4) is 0 Å². The Morgan fingerprint density at radius 3 is 2.82 bits per heavy atom. The van der Waals surface area contributed by atoms with E-state index < -0.39 is 0 Å². The zero-order valence-corrected chi connectivity index (χ0v) is 12.7. The molecule has 116 valence electrons. The van der Waals surface area contributed by atoms with Gasteiger partial charge in [0.1, 0.15) is 5.82 Å². The van der Waals surface area contributed by atoms with Crippen LogP contribution in [0.5, 0.6) is 0 Å². The Hall–Kier alpha value is -2.17. The van der Waals surface area contributed by atoms with Gasteiger partial charge in [0.2, 0.25) is 5.91 Å². The van der Waals surface area contributed by atoms with Gasteiger partial charge in [0.15, 0.2) is 0 Å². The minimum absolute atomic E-state index is 0.0637. The van der Waals surface area contributed by atoms with Gasteiger partial charge in [-0.05, 0) is 31.9 Å². The summed E-state index contributed by atoms with van der Waals surface area (Å²) in [6.45, 7) is 2.46. The van der Waals surface area contributed by atoms with Crippen molar-refractivity contribution < 1.29 is 9.18 Å². The Balaban J connectivity index is 1.72. The number of hydrogen-bond donors (Lipinski definition) is 0. The number of aryl methyl sites for hydroxylation is 1. The molecule has 0 radical (unpaired) electrons. The summed E-state index contributed by atoms with van der Waals surface area (Å²) in [7, 11) is 0. The van der Waals surface area contributed by atoms with E-state index in [1.165, 1.54) is 6.07 Å². The molecule has 1 heterocycles. The fourth-order valence-electron chi connectivity index (χ4n) is 2.82. The standard InChI is InChI=1S/C17H20FN3O/c1-13(15-5-2-3-6-16(15)18)21(14-7-8-14)17(22)9-12-20-11-4-10-19-20/h2-6,10-11,13-14H,7-9,12H2,1H3/t13-/m1/s1. The van der Waals surface area contributed by atoms with Gasteiger partial charge < -0.3 is 4.90 Å². The first kappa shape index (κ1) is 14.8. The normalized spacial score (nSPS) is 15.5. The van der Waals surface area contributed by atoms with Crippen molar-refractivity contribution in [3.05, 3.63) is 54.1 Å². The van der Waals surface area contributed by atoms with Crippen LogP contribution < -0.4 is 0 Å². The summed E-state index contributed by atoms with van der Waals surface area (Å²) < 4.78 is 15.8. The van der Waals surface area contributed by atoms with Crippen molar-refractivity contribution in [1.82, 2.24) is 14.7 Å². The van der Waals surface area contributed by atoms with E-state index in [9.17, 15) is 9.18 Å². The largest absolute Gasteiger partial charge is 0.333 e. The number of benzene rings is 1. The number of aromatic nitrogens is 2. The summed E-state index contributed by atoms with van der Waals surface area (Å²) in [5.41, 5.74) is 0.585. The van der Waals surface area contributed by atoms with E-state index in [4.69, 9.17) is 0 Å². The third-order valence-corrected chi connectivity index (χ3v) is 4.11. The van der Waals surface area contributed by atoms with E-state index in [-0.39, 0.29) is 23.8 Å². The van der Waals surface area contributed by atoms with Gasteiger partial charge in [0.05, 0.1) is 6.04 Å². The van der Waals surface area contributed by atoms with Crippen LogP contribution in [0, 0.1) is 5.82 Å². The fraction of sp³-hybridized carbons (Fsp3) is 0.412. The summed E-state index contributed by atoms with van der Waals surface area (Å²) in [5, 5.41) is 4.11. The fourth-order valence-corrected chi connectivity index (χ4v) is 2.82. The van der Waals surface area contributed by atoms with Crippen LogP contribution in [0.2, 0.25) is 0 Å². The van der Waals surface area contributed by atoms with Gasteiger partial charge in [-0.25, -0.2) is 4.39 Å². The molecule has 0 bridgehead atoms. The maximum Gasteiger partial charge on any atom is 0.225 e. The van der Waals surface area contributed by atoms with Crippen LogP contribution in [-0.4, -0.2) is 26.6 Å². The second kappa shape index (κ2) is 6.30. The highest BCUT2D eigenvalue weighted by atomic mass is 19.1. The molecule has 22 heavy (non-hydrogen) atoms. The molecule has 1 aliphatic carbocycles. The van der Waals surface area contributed by atoms with Crippen molar-refractivity contribution in [2.75, 3.05) is 0 Å². The minimum atomic E-state index is -0.250. The predicted molar refractivity (Wildman–Crippen MR) is 81.5 cm³/mol. The first-order valence-corrected chi connectivity index (χ1v) is 7.70. The zero-order valence-electron chi connectivity index (χ0n) is 12.7. The lowest BCUT2D eigenvalue weighted by Gasteiger charge is -2.30. The smallest absolute Gasteiger partial charge is 0.225 e. The second-order valence-electron chi connectivity index (χ2n) is 5.75. The van der Waals surface area contributed by atoms with E-state index in [0.717, 1.165) is 12.8 Å². The monoisotopic (exact) mass is 301 g/mol. The summed E-state index contributed by atoms with van der Waals surface area (Å²) in [4.78, 5) is 14.5. The SMILES string of the molecule is C[C@H](c1ccccc1F)N(C(=O)CCn1cccn1)C1CC1. The maximum atomic E-state index is 14.0. The van der Waals surface area contributed by atoms with Crippen LogP contribution in [0.25, 0.3) is 0 Å². The molecule has 0 unspecified atom stereocenters. The van der Waals surface area contributed by atoms with Gasteiger partial charge in [0, 0.05) is 37.0 Å². The number of rotatable bonds is 6. The molecule has 0 aliphatic heterocycles. The minimum Gasteiger partial charge on any atom is -0.333 e. The average Bonchev–Trinajstić information content (AvgIpc) is 3.20. The quantitative estimate of drug-likeness (QED) is 0.822. The van der Waals surface area contributed by atoms with E-state index in [1.54, 1.807) is 23.0 Å². The molecule has 1 atom stereocenters. The number of nitrogens with zero attached hydrogens (tertiary/aromatic N) is 3. The number of carbonyl (C=O) groups excluding carboxylic acids is 1. The Labute approximate surface area is 129 Å². The van der Waals surface area contributed by atoms with E-state index in [1.807, 2.05) is 30.2 Å². The van der Waals surface area contributed by atoms with Crippen molar-refractivity contribution >= 4 is 5.91 Å². The molecular formula is C17H20FN3O. The van der Waals surface area contributed by atoms with Crippen molar-refractivity contribution in [1.29, 1.82) is 0 Å². The molecule has 5 heteroatoms. The van der Waals surface area contributed by atoms with Crippen molar-refractivity contribution in [3.63, 3.8) is 0 Å². The second-order valence-corrected chi connectivity index (χ2v) is 5.75. The van der Waals surface area contributed by atoms with Crippen molar-refractivity contribution in [2.24, 2.45) is 0 Å². The summed E-state index contributed by atoms with van der Waals surface area (Å²) in [6, 6.07) is 8.55. The van der Waals surface area contributed by atoms with E-state index in [2.05, 4.69) is 5.10 Å². The molecule has 1 aromatic heterocycles. The molecule has 2 aromatic rings. The van der Waals surface area contributed by atoms with Gasteiger partial charge >= 0.3 is 0 Å². The predicted octanol–water partition coefficient (Wildman–Crippen LogP) is 3.16. The molecule has 4 nitrogen and oxygen atoms in total. The highest BCUT2D eigenvalue weighted by Gasteiger charge is 2.36. The summed E-state index contributed by atoms with van der Waals surface area (Å²) >= 11 is 0. The zero-order chi connectivity index (χ0) is 15.5. The van der Waals surface area contributed by atoms with Crippen LogP contribution in [0.4, 0.5) is 4.39 Å². The van der Waals surface area contributed by atoms with Crippen LogP contribution in [0.1, 0.15) is 37.8 Å². The first-order chi connectivity index (χ1) is 10.7. The molecule has 0 N–H and O–H groups in total. The molecule has 3 rings (SSSR count). The number of hydrogen-bond acceptors (Lipinski definition) is 2. The lowest BCUT2D eigenvalue weighted by atomic mass is 10.1. The highest BCUT2D eigenvalue weighted by molar-refractivity contribution is 5.77. The summed E-state index contributed by atoms with van der Waals surface area (Å²) in [6.07, 6.45) is 5.94. The highest BCUT2D eigenvalue weighted by Crippen LogP contribution is 2.35. The Kier molecular flexibility index (Phi) is 4.22. The molecule has 1 aromatic carbocycles. The van der Waals surface area contributed by atoms with Gasteiger partial charge in [0.25, 0.3) is 0 Å². The average molecular weight is 301 g/mol. The molecule has 0 saturated heterocycles. The molecular weight excluding hydrogens is 281 g/mol. The van der Waals surface area contributed by atoms with Crippen LogP contribution >= 0.6 is 0 Å². The molecule has 0 spiro atoms. The van der Waals surface area contributed by atoms with Gasteiger partial charge in [-0.1, -0.05) is 18.2 Å². The third-order valence-electron chi connectivity index (χ3n) is 4.11.